The molecular formula is C11H16F3N3O2. The second-order valence-corrected chi connectivity index (χ2v) is 4.81. The summed E-state index contributed by atoms with van der Waals surface area (Å²) in [5, 5.41) is 16.7. The van der Waals surface area contributed by atoms with Gasteiger partial charge in [-0.3, -0.25) is 4.90 Å². The Labute approximate surface area is 108 Å². The van der Waals surface area contributed by atoms with Gasteiger partial charge in [0.05, 0.1) is 6.54 Å². The predicted molar refractivity (Wildman–Crippen MR) is 59.1 cm³/mol. The monoisotopic (exact) mass is 279 g/mol. The number of nitrogens with zero attached hydrogens (tertiary/aromatic N) is 3. The van der Waals surface area contributed by atoms with Crippen molar-refractivity contribution in [3.05, 3.63) is 11.8 Å². The van der Waals surface area contributed by atoms with Crippen LogP contribution in [0.5, 0.6) is 0 Å². The first-order valence-corrected chi connectivity index (χ1v) is 6.12. The fourth-order valence-corrected chi connectivity index (χ4v) is 2.29. The third kappa shape index (κ3) is 3.66. The lowest BCUT2D eigenvalue weighted by molar-refractivity contribution is -0.223. The first-order chi connectivity index (χ1) is 8.86. The normalized spacial score (nSPS) is 20.7. The molecule has 0 aromatic carbocycles. The summed E-state index contributed by atoms with van der Waals surface area (Å²) in [6.45, 7) is 3.09. The Bertz CT molecular complexity index is 414. The standard InChI is InChI=1S/C11H16F3N3O2/c1-7-15-16-9(19-7)6-17-4-2-8(3-5-17)10(18)11(12,13)14/h8,10,18H,2-6H2,1H3. The number of aromatic nitrogens is 2. The lowest BCUT2D eigenvalue weighted by Gasteiger charge is -2.33. The average Bonchev–Trinajstić information content (AvgIpc) is 2.74. The largest absolute Gasteiger partial charge is 0.424 e. The van der Waals surface area contributed by atoms with Crippen molar-refractivity contribution >= 4 is 0 Å². The van der Waals surface area contributed by atoms with Crippen molar-refractivity contribution in [3.8, 4) is 0 Å². The highest BCUT2D eigenvalue weighted by Gasteiger charge is 2.44. The number of hydrogen-bond acceptors (Lipinski definition) is 5. The second kappa shape index (κ2) is 5.46. The van der Waals surface area contributed by atoms with Crippen LogP contribution in [-0.2, 0) is 6.54 Å². The van der Waals surface area contributed by atoms with Gasteiger partial charge in [-0.1, -0.05) is 0 Å². The molecule has 0 aliphatic carbocycles. The molecule has 1 aliphatic rings. The molecule has 2 heterocycles. The summed E-state index contributed by atoms with van der Waals surface area (Å²) in [5.74, 6) is 0.213. The summed E-state index contributed by atoms with van der Waals surface area (Å²) in [4.78, 5) is 1.95. The fourth-order valence-electron chi connectivity index (χ4n) is 2.29. The molecule has 1 atom stereocenters. The van der Waals surface area contributed by atoms with E-state index in [1.165, 1.54) is 0 Å². The molecule has 1 aromatic rings. The van der Waals surface area contributed by atoms with Crippen molar-refractivity contribution in [3.63, 3.8) is 0 Å². The van der Waals surface area contributed by atoms with Crippen molar-refractivity contribution in [2.24, 2.45) is 5.92 Å². The highest BCUT2D eigenvalue weighted by atomic mass is 19.4. The molecule has 1 N–H and O–H groups in total. The van der Waals surface area contributed by atoms with E-state index in [1.54, 1.807) is 6.92 Å². The number of aliphatic hydroxyl groups excluding tert-OH is 1. The summed E-state index contributed by atoms with van der Waals surface area (Å²) in [6, 6.07) is 0. The first kappa shape index (κ1) is 14.3. The Morgan fingerprint density at radius 1 is 1.37 bits per heavy atom. The summed E-state index contributed by atoms with van der Waals surface area (Å²) in [7, 11) is 0. The minimum Gasteiger partial charge on any atom is -0.424 e. The second-order valence-electron chi connectivity index (χ2n) is 4.81. The van der Waals surface area contributed by atoms with Crippen LogP contribution in [0.4, 0.5) is 13.2 Å². The number of likely N-dealkylation sites (tertiary alicyclic amines) is 1. The highest BCUT2D eigenvalue weighted by Crippen LogP contribution is 2.31. The molecule has 0 saturated carbocycles. The zero-order chi connectivity index (χ0) is 14.0. The maximum Gasteiger partial charge on any atom is 0.414 e. The molecule has 108 valence electrons. The van der Waals surface area contributed by atoms with Crippen LogP contribution in [0.2, 0.25) is 0 Å². The molecule has 0 amide bonds. The minimum absolute atomic E-state index is 0.313. The number of aliphatic hydroxyl groups is 1. The van der Waals surface area contributed by atoms with Gasteiger partial charge in [0.1, 0.15) is 0 Å². The van der Waals surface area contributed by atoms with E-state index in [4.69, 9.17) is 4.42 Å². The fraction of sp³-hybridized carbons (Fsp3) is 0.818. The number of rotatable bonds is 3. The number of alkyl halides is 3. The van der Waals surface area contributed by atoms with Crippen LogP contribution in [0.3, 0.4) is 0 Å². The van der Waals surface area contributed by atoms with Crippen molar-refractivity contribution in [2.75, 3.05) is 13.1 Å². The number of halogens is 3. The lowest BCUT2D eigenvalue weighted by atomic mass is 9.91. The van der Waals surface area contributed by atoms with Crippen LogP contribution in [0.1, 0.15) is 24.6 Å². The molecule has 1 aromatic heterocycles. The quantitative estimate of drug-likeness (QED) is 0.908. The molecule has 0 bridgehead atoms. The van der Waals surface area contributed by atoms with E-state index in [9.17, 15) is 18.3 Å². The molecule has 8 heteroatoms. The molecule has 1 unspecified atom stereocenters. The Balaban J connectivity index is 1.82. The molecule has 1 aliphatic heterocycles. The van der Waals surface area contributed by atoms with Crippen LogP contribution in [0, 0.1) is 12.8 Å². The topological polar surface area (TPSA) is 62.4 Å². The van der Waals surface area contributed by atoms with Gasteiger partial charge in [0.2, 0.25) is 11.8 Å². The van der Waals surface area contributed by atoms with Crippen LogP contribution in [0.25, 0.3) is 0 Å². The van der Waals surface area contributed by atoms with Gasteiger partial charge >= 0.3 is 6.18 Å². The third-order valence-electron chi connectivity index (χ3n) is 3.34. The van der Waals surface area contributed by atoms with E-state index >= 15 is 0 Å². The van der Waals surface area contributed by atoms with Crippen LogP contribution in [0.15, 0.2) is 4.42 Å². The van der Waals surface area contributed by atoms with Crippen molar-refractivity contribution in [2.45, 2.75) is 38.6 Å². The zero-order valence-corrected chi connectivity index (χ0v) is 10.5. The van der Waals surface area contributed by atoms with Gasteiger partial charge in [-0.25, -0.2) is 0 Å². The van der Waals surface area contributed by atoms with Gasteiger partial charge < -0.3 is 9.52 Å². The van der Waals surface area contributed by atoms with Crippen molar-refractivity contribution < 1.29 is 22.7 Å². The van der Waals surface area contributed by atoms with E-state index in [1.807, 2.05) is 4.90 Å². The van der Waals surface area contributed by atoms with E-state index in [2.05, 4.69) is 10.2 Å². The van der Waals surface area contributed by atoms with Gasteiger partial charge in [0.15, 0.2) is 6.10 Å². The molecule has 0 radical (unpaired) electrons. The number of aryl methyl sites for hydroxylation is 1. The smallest absolute Gasteiger partial charge is 0.414 e. The lowest BCUT2D eigenvalue weighted by Crippen LogP contribution is -2.43. The maximum atomic E-state index is 12.4. The van der Waals surface area contributed by atoms with Crippen molar-refractivity contribution in [1.29, 1.82) is 0 Å². The Kier molecular flexibility index (Phi) is 4.10. The number of piperidine rings is 1. The van der Waals surface area contributed by atoms with Crippen LogP contribution in [-0.4, -0.2) is 45.6 Å². The maximum absolute atomic E-state index is 12.4. The van der Waals surface area contributed by atoms with E-state index < -0.39 is 18.2 Å². The van der Waals surface area contributed by atoms with Crippen molar-refractivity contribution in [1.82, 2.24) is 15.1 Å². The highest BCUT2D eigenvalue weighted by molar-refractivity contribution is 4.84. The van der Waals surface area contributed by atoms with E-state index in [-0.39, 0.29) is 0 Å². The molecule has 1 fully saturated rings. The van der Waals surface area contributed by atoms with Gasteiger partial charge in [-0.2, -0.15) is 13.2 Å². The van der Waals surface area contributed by atoms with Crippen LogP contribution >= 0.6 is 0 Å². The summed E-state index contributed by atoms with van der Waals surface area (Å²) >= 11 is 0. The molecule has 5 nitrogen and oxygen atoms in total. The Morgan fingerprint density at radius 3 is 2.47 bits per heavy atom. The van der Waals surface area contributed by atoms with Gasteiger partial charge in [0, 0.05) is 6.92 Å². The summed E-state index contributed by atoms with van der Waals surface area (Å²) < 4.78 is 42.4. The van der Waals surface area contributed by atoms with E-state index in [0.29, 0.717) is 44.3 Å². The SMILES string of the molecule is Cc1nnc(CN2CCC(C(O)C(F)(F)F)CC2)o1. The minimum atomic E-state index is -4.53. The van der Waals surface area contributed by atoms with Gasteiger partial charge in [-0.15, -0.1) is 10.2 Å². The summed E-state index contributed by atoms with van der Waals surface area (Å²) in [5.41, 5.74) is 0. The predicted octanol–water partition coefficient (Wildman–Crippen LogP) is 1.51. The van der Waals surface area contributed by atoms with Crippen LogP contribution < -0.4 is 0 Å². The molecule has 19 heavy (non-hydrogen) atoms. The van der Waals surface area contributed by atoms with E-state index in [0.717, 1.165) is 0 Å². The summed E-state index contributed by atoms with van der Waals surface area (Å²) in [6.07, 6.45) is -6.13. The molecular weight excluding hydrogens is 263 g/mol. The first-order valence-electron chi connectivity index (χ1n) is 6.12. The Morgan fingerprint density at radius 2 is 2.00 bits per heavy atom. The van der Waals surface area contributed by atoms with Gasteiger partial charge in [0.25, 0.3) is 0 Å². The third-order valence-corrected chi connectivity index (χ3v) is 3.34. The average molecular weight is 279 g/mol. The number of hydrogen-bond donors (Lipinski definition) is 1. The molecule has 2 rings (SSSR count). The Hall–Kier alpha value is -1.15. The zero-order valence-electron chi connectivity index (χ0n) is 10.5. The molecule has 1 saturated heterocycles. The molecule has 0 spiro atoms. The van der Waals surface area contributed by atoms with Gasteiger partial charge in [-0.05, 0) is 31.8 Å².